The summed E-state index contributed by atoms with van der Waals surface area (Å²) in [5.41, 5.74) is 3.30. The van der Waals surface area contributed by atoms with Gasteiger partial charge in [-0.25, -0.2) is 4.99 Å². The van der Waals surface area contributed by atoms with Crippen LogP contribution < -0.4 is 10.1 Å². The number of rotatable bonds is 4. The topological polar surface area (TPSA) is 50.7 Å². The highest BCUT2D eigenvalue weighted by Gasteiger charge is 2.24. The molecule has 0 bridgehead atoms. The predicted octanol–water partition coefficient (Wildman–Crippen LogP) is 4.80. The van der Waals surface area contributed by atoms with E-state index in [4.69, 9.17) is 0 Å². The van der Waals surface area contributed by atoms with Crippen molar-refractivity contribution >= 4 is 34.6 Å². The highest BCUT2D eigenvalue weighted by atomic mass is 32.2. The number of amidine groups is 1. The third kappa shape index (κ3) is 4.29. The Balaban J connectivity index is 1.86. The zero-order valence-corrected chi connectivity index (χ0v) is 14.9. The van der Waals surface area contributed by atoms with Crippen molar-refractivity contribution in [2.45, 2.75) is 20.5 Å². The summed E-state index contributed by atoms with van der Waals surface area (Å²) in [6, 6.07) is 12.2. The van der Waals surface area contributed by atoms with Gasteiger partial charge in [0.1, 0.15) is 5.75 Å². The lowest BCUT2D eigenvalue weighted by Crippen LogP contribution is -2.19. The van der Waals surface area contributed by atoms with Crippen LogP contribution in [0.25, 0.3) is 6.08 Å². The minimum Gasteiger partial charge on any atom is -0.434 e. The first-order valence-corrected chi connectivity index (χ1v) is 8.65. The van der Waals surface area contributed by atoms with Crippen molar-refractivity contribution in [3.8, 4) is 5.75 Å². The van der Waals surface area contributed by atoms with Gasteiger partial charge in [-0.3, -0.25) is 4.79 Å². The van der Waals surface area contributed by atoms with Crippen molar-refractivity contribution in [3.05, 3.63) is 64.1 Å². The number of aryl methyl sites for hydroxylation is 2. The molecule has 1 saturated heterocycles. The molecular formula is C19H16F2N2O2S. The van der Waals surface area contributed by atoms with Crippen LogP contribution >= 0.6 is 11.8 Å². The summed E-state index contributed by atoms with van der Waals surface area (Å²) in [5.74, 6) is -0.312. The largest absolute Gasteiger partial charge is 0.434 e. The van der Waals surface area contributed by atoms with Gasteiger partial charge < -0.3 is 10.1 Å². The van der Waals surface area contributed by atoms with Crippen molar-refractivity contribution in [1.29, 1.82) is 0 Å². The molecule has 0 atom stereocenters. The number of nitrogens with one attached hydrogen (secondary N) is 1. The summed E-state index contributed by atoms with van der Waals surface area (Å²) in [6.45, 7) is 1.01. The molecule has 1 fully saturated rings. The summed E-state index contributed by atoms with van der Waals surface area (Å²) in [6.07, 6.45) is 1.52. The molecular weight excluding hydrogens is 358 g/mol. The third-order valence-corrected chi connectivity index (χ3v) is 4.56. The average molecular weight is 374 g/mol. The van der Waals surface area contributed by atoms with Gasteiger partial charge in [0, 0.05) is 5.56 Å². The molecule has 1 amide bonds. The molecule has 2 aromatic carbocycles. The van der Waals surface area contributed by atoms with Gasteiger partial charge in [-0.05, 0) is 49.4 Å². The fraction of sp³-hybridized carbons (Fsp3) is 0.158. The van der Waals surface area contributed by atoms with Crippen LogP contribution in [0.4, 0.5) is 14.5 Å². The zero-order chi connectivity index (χ0) is 18.7. The van der Waals surface area contributed by atoms with Crippen LogP contribution in [0.2, 0.25) is 0 Å². The molecule has 1 aliphatic heterocycles. The van der Waals surface area contributed by atoms with Crippen molar-refractivity contribution in [2.24, 2.45) is 4.99 Å². The SMILES string of the molecule is Cc1ccc(N=C2NC(=O)/C(=C\c3ccccc3OC(F)F)S2)c(C)c1. The number of nitrogens with zero attached hydrogens (tertiary/aromatic N) is 1. The maximum Gasteiger partial charge on any atom is 0.387 e. The van der Waals surface area contributed by atoms with Crippen molar-refractivity contribution in [3.63, 3.8) is 0 Å². The number of para-hydroxylation sites is 1. The van der Waals surface area contributed by atoms with Crippen molar-refractivity contribution in [1.82, 2.24) is 5.32 Å². The van der Waals surface area contributed by atoms with Crippen LogP contribution in [-0.4, -0.2) is 17.7 Å². The first-order chi connectivity index (χ1) is 12.4. The van der Waals surface area contributed by atoms with E-state index in [0.717, 1.165) is 28.6 Å². The van der Waals surface area contributed by atoms with E-state index in [1.165, 1.54) is 12.1 Å². The van der Waals surface area contributed by atoms with E-state index in [-0.39, 0.29) is 11.7 Å². The molecule has 1 heterocycles. The van der Waals surface area contributed by atoms with Gasteiger partial charge >= 0.3 is 6.61 Å². The number of aliphatic imine (C=N–C) groups is 1. The average Bonchev–Trinajstić information content (AvgIpc) is 2.91. The highest BCUT2D eigenvalue weighted by molar-refractivity contribution is 8.18. The molecule has 0 aliphatic carbocycles. The van der Waals surface area contributed by atoms with Crippen LogP contribution in [0.5, 0.6) is 5.75 Å². The summed E-state index contributed by atoms with van der Waals surface area (Å²) in [7, 11) is 0. The summed E-state index contributed by atoms with van der Waals surface area (Å²) in [4.78, 5) is 17.0. The van der Waals surface area contributed by atoms with Gasteiger partial charge in [0.25, 0.3) is 5.91 Å². The Labute approximate surface area is 154 Å². The van der Waals surface area contributed by atoms with E-state index in [1.807, 2.05) is 32.0 Å². The summed E-state index contributed by atoms with van der Waals surface area (Å²) >= 11 is 1.16. The molecule has 7 heteroatoms. The van der Waals surface area contributed by atoms with E-state index in [2.05, 4.69) is 15.0 Å². The van der Waals surface area contributed by atoms with Gasteiger partial charge in [-0.2, -0.15) is 8.78 Å². The van der Waals surface area contributed by atoms with Gasteiger partial charge in [0.2, 0.25) is 0 Å². The molecule has 0 unspecified atom stereocenters. The van der Waals surface area contributed by atoms with Gasteiger partial charge in [0.15, 0.2) is 5.17 Å². The lowest BCUT2D eigenvalue weighted by atomic mass is 10.1. The standard InChI is InChI=1S/C19H16F2N2O2S/c1-11-7-8-14(12(2)9-11)22-19-23-17(24)16(26-19)10-13-5-3-4-6-15(13)25-18(20)21/h3-10,18H,1-2H3,(H,22,23,24)/b16-10+. The Hall–Kier alpha value is -2.67. The highest BCUT2D eigenvalue weighted by Crippen LogP contribution is 2.31. The minimum absolute atomic E-state index is 0.0168. The summed E-state index contributed by atoms with van der Waals surface area (Å²) in [5, 5.41) is 3.14. The first-order valence-electron chi connectivity index (χ1n) is 7.83. The third-order valence-electron chi connectivity index (χ3n) is 3.65. The van der Waals surface area contributed by atoms with E-state index >= 15 is 0 Å². The van der Waals surface area contributed by atoms with E-state index in [0.29, 0.717) is 15.6 Å². The van der Waals surface area contributed by atoms with E-state index < -0.39 is 6.61 Å². The Morgan fingerprint density at radius 2 is 1.96 bits per heavy atom. The minimum atomic E-state index is -2.93. The number of carbonyl (C=O) groups is 1. The van der Waals surface area contributed by atoms with Crippen molar-refractivity contribution in [2.75, 3.05) is 0 Å². The molecule has 1 aliphatic rings. The van der Waals surface area contributed by atoms with E-state index in [1.54, 1.807) is 18.2 Å². The van der Waals surface area contributed by atoms with E-state index in [9.17, 15) is 13.6 Å². The number of halogens is 2. The predicted molar refractivity (Wildman–Crippen MR) is 99.8 cm³/mol. The maximum atomic E-state index is 12.5. The van der Waals surface area contributed by atoms with Crippen molar-refractivity contribution < 1.29 is 18.3 Å². The van der Waals surface area contributed by atoms with Gasteiger partial charge in [0.05, 0.1) is 10.6 Å². The fourth-order valence-corrected chi connectivity index (χ4v) is 3.29. The van der Waals surface area contributed by atoms with Crippen LogP contribution in [-0.2, 0) is 4.79 Å². The van der Waals surface area contributed by atoms with Crippen LogP contribution in [0.1, 0.15) is 16.7 Å². The van der Waals surface area contributed by atoms with Gasteiger partial charge in [-0.1, -0.05) is 35.9 Å². The zero-order valence-electron chi connectivity index (χ0n) is 14.1. The van der Waals surface area contributed by atoms with Crippen LogP contribution in [0.3, 0.4) is 0 Å². The molecule has 134 valence electrons. The monoisotopic (exact) mass is 374 g/mol. The lowest BCUT2D eigenvalue weighted by molar-refractivity contribution is -0.115. The second-order valence-corrected chi connectivity index (χ2v) is 6.72. The number of carbonyl (C=O) groups excluding carboxylic acids is 1. The molecule has 3 rings (SSSR count). The fourth-order valence-electron chi connectivity index (χ4n) is 2.47. The second kappa shape index (κ2) is 7.70. The molecule has 0 radical (unpaired) electrons. The quantitative estimate of drug-likeness (QED) is 0.783. The van der Waals surface area contributed by atoms with Gasteiger partial charge in [-0.15, -0.1) is 0 Å². The number of amides is 1. The number of benzene rings is 2. The second-order valence-electron chi connectivity index (χ2n) is 5.69. The Kier molecular flexibility index (Phi) is 5.37. The molecule has 4 nitrogen and oxygen atoms in total. The molecule has 2 aromatic rings. The summed E-state index contributed by atoms with van der Waals surface area (Å²) < 4.78 is 29.5. The number of ether oxygens (including phenoxy) is 1. The molecule has 1 N–H and O–H groups in total. The Morgan fingerprint density at radius 1 is 1.19 bits per heavy atom. The molecule has 0 saturated carbocycles. The smallest absolute Gasteiger partial charge is 0.387 e. The van der Waals surface area contributed by atoms with Crippen LogP contribution in [0.15, 0.2) is 52.4 Å². The Bertz CT molecular complexity index is 910. The number of alkyl halides is 2. The number of hydrogen-bond donors (Lipinski definition) is 1. The maximum absolute atomic E-state index is 12.5. The Morgan fingerprint density at radius 3 is 2.69 bits per heavy atom. The van der Waals surface area contributed by atoms with Crippen LogP contribution in [0, 0.1) is 13.8 Å². The number of thioether (sulfide) groups is 1. The molecule has 0 aromatic heterocycles. The molecule has 0 spiro atoms. The first kappa shape index (κ1) is 18.1. The normalized spacial score (nSPS) is 17.2. The lowest BCUT2D eigenvalue weighted by Gasteiger charge is -2.07. The number of hydrogen-bond acceptors (Lipinski definition) is 4. The molecule has 26 heavy (non-hydrogen) atoms.